The van der Waals surface area contributed by atoms with Gasteiger partial charge in [0, 0.05) is 17.0 Å². The molecule has 0 aliphatic carbocycles. The molecule has 0 saturated carbocycles. The zero-order valence-electron chi connectivity index (χ0n) is 28.8. The Labute approximate surface area is 254 Å². The molecular formula is C39H57OP. The largest absolute Gasteiger partial charge is 0.469 e. The van der Waals surface area contributed by atoms with E-state index in [1.54, 1.807) is 0 Å². The minimum Gasteiger partial charge on any atom is -0.469 e. The van der Waals surface area contributed by atoms with Gasteiger partial charge in [-0.15, -0.1) is 0 Å². The average molecular weight is 573 g/mol. The molecule has 0 heterocycles. The van der Waals surface area contributed by atoms with Crippen molar-refractivity contribution in [1.29, 1.82) is 0 Å². The monoisotopic (exact) mass is 572 g/mol. The van der Waals surface area contributed by atoms with Crippen molar-refractivity contribution >= 4 is 13.5 Å². The summed E-state index contributed by atoms with van der Waals surface area (Å²) in [7, 11) is -0.959. The molecule has 0 N–H and O–H groups in total. The zero-order valence-corrected chi connectivity index (χ0v) is 29.7. The first-order valence-electron chi connectivity index (χ1n) is 15.3. The molecule has 0 fully saturated rings. The molecular weight excluding hydrogens is 515 g/mol. The van der Waals surface area contributed by atoms with Gasteiger partial charge in [0.15, 0.2) is 0 Å². The third-order valence-corrected chi connectivity index (χ3v) is 9.90. The van der Waals surface area contributed by atoms with Gasteiger partial charge in [-0.3, -0.25) is 0 Å². The van der Waals surface area contributed by atoms with Crippen LogP contribution in [-0.4, -0.2) is 0 Å². The van der Waals surface area contributed by atoms with Gasteiger partial charge in [-0.2, -0.15) is 0 Å². The van der Waals surface area contributed by atoms with E-state index in [2.05, 4.69) is 165 Å². The van der Waals surface area contributed by atoms with Crippen LogP contribution >= 0.6 is 8.15 Å². The maximum atomic E-state index is 7.19. The quantitative estimate of drug-likeness (QED) is 0.276. The Bertz CT molecular complexity index is 1250. The summed E-state index contributed by atoms with van der Waals surface area (Å²) in [5.41, 5.74) is 8.51. The second kappa shape index (κ2) is 11.5. The normalized spacial score (nSPS) is 14.2. The van der Waals surface area contributed by atoms with E-state index in [0.29, 0.717) is 0 Å². The van der Waals surface area contributed by atoms with E-state index < -0.39 is 8.15 Å². The van der Waals surface area contributed by atoms with Crippen molar-refractivity contribution in [2.75, 3.05) is 0 Å². The number of rotatable bonds is 5. The van der Waals surface area contributed by atoms with Crippen LogP contribution in [0.2, 0.25) is 0 Å². The van der Waals surface area contributed by atoms with Gasteiger partial charge >= 0.3 is 0 Å². The highest BCUT2D eigenvalue weighted by molar-refractivity contribution is 7.60. The van der Waals surface area contributed by atoms with Crippen LogP contribution in [0.3, 0.4) is 0 Å². The summed E-state index contributed by atoms with van der Waals surface area (Å²) in [5.74, 6) is 1.01. The summed E-state index contributed by atoms with van der Waals surface area (Å²) in [5, 5.41) is 1.28. The van der Waals surface area contributed by atoms with Gasteiger partial charge in [0.2, 0.25) is 0 Å². The molecule has 2 heteroatoms. The van der Waals surface area contributed by atoms with Gasteiger partial charge in [-0.25, -0.2) is 0 Å². The van der Waals surface area contributed by atoms with Gasteiger partial charge in [-0.05, 0) is 61.0 Å². The third-order valence-electron chi connectivity index (χ3n) is 7.98. The molecule has 0 bridgehead atoms. The molecule has 3 aromatic carbocycles. The lowest BCUT2D eigenvalue weighted by atomic mass is 9.79. The van der Waals surface area contributed by atoms with Gasteiger partial charge in [-0.1, -0.05) is 158 Å². The first kappa shape index (κ1) is 33.4. The zero-order chi connectivity index (χ0) is 31.2. The fourth-order valence-electron chi connectivity index (χ4n) is 5.12. The number of hydrogen-bond donors (Lipinski definition) is 0. The summed E-state index contributed by atoms with van der Waals surface area (Å²) in [6.45, 7) is 34.5. The van der Waals surface area contributed by atoms with Crippen LogP contribution in [-0.2, 0) is 33.2 Å². The topological polar surface area (TPSA) is 9.23 Å². The van der Waals surface area contributed by atoms with E-state index in [1.165, 1.54) is 38.7 Å². The predicted octanol–water partition coefficient (Wildman–Crippen LogP) is 11.5. The van der Waals surface area contributed by atoms with E-state index in [0.717, 1.165) is 11.9 Å². The maximum Gasteiger partial charge on any atom is 0.127 e. The van der Waals surface area contributed by atoms with Crippen molar-refractivity contribution in [3.63, 3.8) is 0 Å². The molecule has 3 aromatic rings. The molecule has 41 heavy (non-hydrogen) atoms. The van der Waals surface area contributed by atoms with Crippen molar-refractivity contribution in [2.45, 2.75) is 137 Å². The standard InChI is InChI=1S/C39H57OP/c1-35(2,3)28-18-21-31(22-19-28)41(26-27-16-17-29(36(4,5)6)24-32(27)38(10,11)12)40-34-23-20-30(37(7,8)9)25-33(34)39(13,14)15/h16-25H,26H2,1-15H3. The smallest absolute Gasteiger partial charge is 0.127 e. The van der Waals surface area contributed by atoms with Crippen LogP contribution in [0, 0.1) is 0 Å². The molecule has 1 nitrogen and oxygen atoms in total. The van der Waals surface area contributed by atoms with Crippen molar-refractivity contribution < 1.29 is 4.52 Å². The highest BCUT2D eigenvalue weighted by Gasteiger charge is 2.28. The Kier molecular flexibility index (Phi) is 9.39. The fraction of sp³-hybridized carbons (Fsp3) is 0.538. The second-order valence-corrected chi connectivity index (χ2v) is 18.8. The molecule has 0 aromatic heterocycles. The van der Waals surface area contributed by atoms with Crippen LogP contribution in [0.5, 0.6) is 5.75 Å². The Morgan fingerprint density at radius 1 is 0.463 bits per heavy atom. The Hall–Kier alpha value is -2.11. The molecule has 3 rings (SSSR count). The number of benzene rings is 3. The van der Waals surface area contributed by atoms with E-state index in [9.17, 15) is 0 Å². The average Bonchev–Trinajstić information content (AvgIpc) is 2.81. The lowest BCUT2D eigenvalue weighted by molar-refractivity contribution is 0.528. The third kappa shape index (κ3) is 8.47. The van der Waals surface area contributed by atoms with E-state index in [4.69, 9.17) is 4.52 Å². The summed E-state index contributed by atoms with van der Waals surface area (Å²) >= 11 is 0. The SMILES string of the molecule is CC(C)(C)c1ccc(P(Cc2ccc(C(C)(C)C)cc2C(C)(C)C)Oc2ccc(C(C)(C)C)cc2C(C)(C)C)cc1. The summed E-state index contributed by atoms with van der Waals surface area (Å²) in [6, 6.07) is 23.3. The van der Waals surface area contributed by atoms with E-state index in [-0.39, 0.29) is 27.1 Å². The van der Waals surface area contributed by atoms with Crippen LogP contribution < -0.4 is 9.83 Å². The van der Waals surface area contributed by atoms with Gasteiger partial charge in [0.25, 0.3) is 0 Å². The molecule has 0 amide bonds. The van der Waals surface area contributed by atoms with Gasteiger partial charge in [0.1, 0.15) is 13.9 Å². The first-order chi connectivity index (χ1) is 18.5. The highest BCUT2D eigenvalue weighted by Crippen LogP contribution is 2.47. The van der Waals surface area contributed by atoms with E-state index >= 15 is 0 Å². The summed E-state index contributed by atoms with van der Waals surface area (Å²) in [6.07, 6.45) is 0.881. The minimum atomic E-state index is -0.959. The fourth-order valence-corrected chi connectivity index (χ4v) is 6.93. The van der Waals surface area contributed by atoms with Crippen LogP contribution in [0.1, 0.15) is 137 Å². The van der Waals surface area contributed by atoms with Gasteiger partial charge in [0.05, 0.1) is 0 Å². The predicted molar refractivity (Wildman–Crippen MR) is 184 cm³/mol. The van der Waals surface area contributed by atoms with Crippen LogP contribution in [0.4, 0.5) is 0 Å². The lowest BCUT2D eigenvalue weighted by Gasteiger charge is -2.31. The highest BCUT2D eigenvalue weighted by atomic mass is 31.1. The summed E-state index contributed by atoms with van der Waals surface area (Å²) < 4.78 is 7.19. The Balaban J connectivity index is 2.18. The molecule has 0 aliphatic rings. The van der Waals surface area contributed by atoms with Gasteiger partial charge < -0.3 is 4.52 Å². The molecule has 1 atom stereocenters. The minimum absolute atomic E-state index is 0.0292. The Morgan fingerprint density at radius 3 is 1.32 bits per heavy atom. The van der Waals surface area contributed by atoms with E-state index in [1.807, 2.05) is 0 Å². The molecule has 1 unspecified atom stereocenters. The molecule has 224 valence electrons. The molecule has 0 spiro atoms. The Morgan fingerprint density at radius 2 is 0.878 bits per heavy atom. The molecule has 0 saturated heterocycles. The lowest BCUT2D eigenvalue weighted by Crippen LogP contribution is -2.20. The molecule has 0 radical (unpaired) electrons. The second-order valence-electron chi connectivity index (χ2n) is 17.0. The number of hydrogen-bond acceptors (Lipinski definition) is 1. The van der Waals surface area contributed by atoms with Crippen molar-refractivity contribution in [1.82, 2.24) is 0 Å². The first-order valence-corrected chi connectivity index (χ1v) is 16.8. The van der Waals surface area contributed by atoms with Crippen molar-refractivity contribution in [3.05, 3.63) is 94.0 Å². The van der Waals surface area contributed by atoms with Crippen molar-refractivity contribution in [2.24, 2.45) is 0 Å². The van der Waals surface area contributed by atoms with Crippen molar-refractivity contribution in [3.8, 4) is 5.75 Å². The van der Waals surface area contributed by atoms with Crippen LogP contribution in [0.15, 0.2) is 60.7 Å². The summed E-state index contributed by atoms with van der Waals surface area (Å²) in [4.78, 5) is 0. The maximum absolute atomic E-state index is 7.19. The van der Waals surface area contributed by atoms with Crippen LogP contribution in [0.25, 0.3) is 0 Å². The molecule has 0 aliphatic heterocycles.